The van der Waals surface area contributed by atoms with Crippen LogP contribution in [0.4, 0.5) is 0 Å². The molecule has 2 fully saturated rings. The highest BCUT2D eigenvalue weighted by atomic mass is 32.1. The Bertz CT molecular complexity index is 520. The van der Waals surface area contributed by atoms with Crippen LogP contribution in [0.2, 0.25) is 0 Å². The lowest BCUT2D eigenvalue weighted by Crippen LogP contribution is -2.51. The molecule has 0 unspecified atom stereocenters. The minimum atomic E-state index is 0.0168. The van der Waals surface area contributed by atoms with Gasteiger partial charge in [0.15, 0.2) is 0 Å². The van der Waals surface area contributed by atoms with Crippen LogP contribution in [0.5, 0.6) is 0 Å². The summed E-state index contributed by atoms with van der Waals surface area (Å²) in [6, 6.07) is 4.30. The summed E-state index contributed by atoms with van der Waals surface area (Å²) in [6.45, 7) is 4.64. The van der Waals surface area contributed by atoms with Crippen LogP contribution in [0.15, 0.2) is 17.5 Å². The Labute approximate surface area is 142 Å². The number of likely N-dealkylation sites (N-methyl/N-ethyl adjacent to an activating group) is 1. The number of piperidine rings is 1. The van der Waals surface area contributed by atoms with Gasteiger partial charge in [-0.3, -0.25) is 9.69 Å². The van der Waals surface area contributed by atoms with Gasteiger partial charge in [0.1, 0.15) is 6.61 Å². The molecule has 2 aliphatic heterocycles. The summed E-state index contributed by atoms with van der Waals surface area (Å²) >= 11 is 1.81. The lowest BCUT2D eigenvalue weighted by atomic mass is 9.77. The van der Waals surface area contributed by atoms with E-state index in [4.69, 9.17) is 9.47 Å². The third kappa shape index (κ3) is 3.94. The van der Waals surface area contributed by atoms with Gasteiger partial charge in [0.2, 0.25) is 5.91 Å². The summed E-state index contributed by atoms with van der Waals surface area (Å²) in [4.78, 5) is 17.2. The van der Waals surface area contributed by atoms with E-state index in [2.05, 4.69) is 22.4 Å². The maximum atomic E-state index is 11.7. The Kier molecular flexibility index (Phi) is 5.36. The Morgan fingerprint density at radius 1 is 1.57 bits per heavy atom. The van der Waals surface area contributed by atoms with E-state index < -0.39 is 0 Å². The van der Waals surface area contributed by atoms with Gasteiger partial charge < -0.3 is 14.4 Å². The fourth-order valence-electron chi connectivity index (χ4n) is 3.58. The van der Waals surface area contributed by atoms with Crippen LogP contribution < -0.4 is 0 Å². The Balaban J connectivity index is 1.58. The number of hydrogen-bond acceptors (Lipinski definition) is 5. The molecule has 0 radical (unpaired) electrons. The van der Waals surface area contributed by atoms with Gasteiger partial charge in [-0.25, -0.2) is 0 Å². The lowest BCUT2D eigenvalue weighted by Gasteiger charge is -2.43. The zero-order valence-electron chi connectivity index (χ0n) is 14.0. The van der Waals surface area contributed by atoms with E-state index in [0.29, 0.717) is 6.61 Å². The maximum Gasteiger partial charge on any atom is 0.248 e. The molecule has 0 bridgehead atoms. The number of carbonyl (C=O) groups is 1. The number of fused-ring (bicyclic) bond motifs is 1. The topological polar surface area (TPSA) is 42.0 Å². The van der Waals surface area contributed by atoms with Crippen LogP contribution in [-0.2, 0) is 20.8 Å². The van der Waals surface area contributed by atoms with Gasteiger partial charge in [0.05, 0.1) is 12.7 Å². The van der Waals surface area contributed by atoms with E-state index in [1.807, 2.05) is 11.3 Å². The second kappa shape index (κ2) is 7.30. The van der Waals surface area contributed by atoms with Crippen LogP contribution in [0.3, 0.4) is 0 Å². The zero-order valence-corrected chi connectivity index (χ0v) is 14.8. The molecule has 2 aliphatic rings. The second-order valence-corrected chi connectivity index (χ2v) is 7.86. The van der Waals surface area contributed by atoms with Crippen molar-refractivity contribution in [2.75, 3.05) is 47.0 Å². The minimum Gasteiger partial charge on any atom is -0.377 e. The number of likely N-dealkylation sites (tertiary alicyclic amines) is 1. The third-order valence-corrected chi connectivity index (χ3v) is 5.78. The number of rotatable bonds is 6. The molecular weight excluding hydrogens is 312 g/mol. The molecule has 0 N–H and O–H groups in total. The van der Waals surface area contributed by atoms with E-state index in [9.17, 15) is 4.79 Å². The van der Waals surface area contributed by atoms with E-state index in [1.54, 1.807) is 19.0 Å². The first-order valence-corrected chi connectivity index (χ1v) is 9.11. The van der Waals surface area contributed by atoms with Crippen molar-refractivity contribution >= 4 is 17.2 Å². The monoisotopic (exact) mass is 338 g/mol. The first-order chi connectivity index (χ1) is 11.1. The molecule has 3 rings (SSSR count). The van der Waals surface area contributed by atoms with Crippen molar-refractivity contribution in [2.24, 2.45) is 5.41 Å². The molecule has 6 heteroatoms. The Hall–Kier alpha value is -0.950. The normalized spacial score (nSPS) is 27.8. The van der Waals surface area contributed by atoms with Gasteiger partial charge in [0, 0.05) is 50.6 Å². The summed E-state index contributed by atoms with van der Waals surface area (Å²) in [5.41, 5.74) is 0.0438. The van der Waals surface area contributed by atoms with Crippen LogP contribution >= 0.6 is 11.3 Å². The average Bonchev–Trinajstić information content (AvgIpc) is 3.16. The van der Waals surface area contributed by atoms with Crippen molar-refractivity contribution in [1.29, 1.82) is 0 Å². The van der Waals surface area contributed by atoms with E-state index in [0.717, 1.165) is 39.1 Å². The first-order valence-electron chi connectivity index (χ1n) is 8.23. The van der Waals surface area contributed by atoms with Crippen LogP contribution in [-0.4, -0.2) is 68.8 Å². The molecule has 1 amide bonds. The lowest BCUT2D eigenvalue weighted by molar-refractivity contribution is -0.136. The van der Waals surface area contributed by atoms with Crippen LogP contribution in [0.1, 0.15) is 17.7 Å². The molecular formula is C17H26N2O3S. The number of ether oxygens (including phenoxy) is 2. The van der Waals surface area contributed by atoms with Gasteiger partial charge >= 0.3 is 0 Å². The van der Waals surface area contributed by atoms with Crippen molar-refractivity contribution < 1.29 is 14.3 Å². The number of amides is 1. The van der Waals surface area contributed by atoms with Crippen molar-refractivity contribution in [3.05, 3.63) is 22.4 Å². The molecule has 2 atom stereocenters. The predicted octanol–water partition coefficient (Wildman–Crippen LogP) is 1.83. The summed E-state index contributed by atoms with van der Waals surface area (Å²) in [5.74, 6) is 0.0168. The van der Waals surface area contributed by atoms with E-state index in [1.165, 1.54) is 4.88 Å². The first kappa shape index (κ1) is 16.9. The quantitative estimate of drug-likeness (QED) is 0.794. The third-order valence-electron chi connectivity index (χ3n) is 4.92. The largest absolute Gasteiger partial charge is 0.377 e. The summed E-state index contributed by atoms with van der Waals surface area (Å²) < 4.78 is 11.7. The van der Waals surface area contributed by atoms with Crippen molar-refractivity contribution in [3.63, 3.8) is 0 Å². The molecule has 128 valence electrons. The molecule has 0 aliphatic carbocycles. The van der Waals surface area contributed by atoms with Crippen LogP contribution in [0.25, 0.3) is 0 Å². The second-order valence-electron chi connectivity index (χ2n) is 6.83. The maximum absolute atomic E-state index is 11.7. The fraction of sp³-hybridized carbons (Fsp3) is 0.706. The molecule has 1 aromatic heterocycles. The van der Waals surface area contributed by atoms with E-state index >= 15 is 0 Å². The molecule has 0 aromatic carbocycles. The van der Waals surface area contributed by atoms with Gasteiger partial charge in [0.25, 0.3) is 0 Å². The van der Waals surface area contributed by atoms with E-state index in [-0.39, 0.29) is 24.0 Å². The summed E-state index contributed by atoms with van der Waals surface area (Å²) in [6.07, 6.45) is 2.35. The average molecular weight is 338 g/mol. The van der Waals surface area contributed by atoms with Crippen LogP contribution in [0, 0.1) is 5.41 Å². The predicted molar refractivity (Wildman–Crippen MR) is 90.5 cm³/mol. The highest BCUT2D eigenvalue weighted by molar-refractivity contribution is 7.09. The Morgan fingerprint density at radius 2 is 2.43 bits per heavy atom. The van der Waals surface area contributed by atoms with Crippen molar-refractivity contribution in [1.82, 2.24) is 9.80 Å². The van der Waals surface area contributed by atoms with Crippen molar-refractivity contribution in [3.8, 4) is 0 Å². The zero-order chi connectivity index (χ0) is 16.3. The van der Waals surface area contributed by atoms with Gasteiger partial charge in [-0.15, -0.1) is 11.3 Å². The Morgan fingerprint density at radius 3 is 3.17 bits per heavy atom. The SMILES string of the molecule is CN(C)C(=O)COC[C@@]12CCO[C@@H]1CCN(Cc1cccs1)C2. The number of hydrogen-bond donors (Lipinski definition) is 0. The van der Waals surface area contributed by atoms with Crippen molar-refractivity contribution in [2.45, 2.75) is 25.5 Å². The van der Waals surface area contributed by atoms with Gasteiger partial charge in [-0.05, 0) is 24.3 Å². The number of nitrogens with zero attached hydrogens (tertiary/aromatic N) is 2. The smallest absolute Gasteiger partial charge is 0.248 e. The molecule has 0 spiro atoms. The molecule has 0 saturated carbocycles. The highest BCUT2D eigenvalue weighted by Crippen LogP contribution is 2.41. The highest BCUT2D eigenvalue weighted by Gasteiger charge is 2.48. The summed E-state index contributed by atoms with van der Waals surface area (Å²) in [5, 5.41) is 2.13. The summed E-state index contributed by atoms with van der Waals surface area (Å²) in [7, 11) is 3.52. The van der Waals surface area contributed by atoms with Gasteiger partial charge in [-0.1, -0.05) is 6.07 Å². The molecule has 5 nitrogen and oxygen atoms in total. The molecule has 3 heterocycles. The molecule has 23 heavy (non-hydrogen) atoms. The minimum absolute atomic E-state index is 0.0168. The number of carbonyl (C=O) groups excluding carboxylic acids is 1. The fourth-order valence-corrected chi connectivity index (χ4v) is 4.32. The number of thiophene rings is 1. The standard InChI is InChI=1S/C17H26N2O3S/c1-18(2)16(20)11-21-13-17-6-8-22-15(17)5-7-19(12-17)10-14-4-3-9-23-14/h3-4,9,15H,5-8,10-13H2,1-2H3/t15-,17+/m1/s1. The van der Waals surface area contributed by atoms with Gasteiger partial charge in [-0.2, -0.15) is 0 Å². The molecule has 2 saturated heterocycles. The molecule has 1 aromatic rings.